The number of oxime groups is 1. The first-order valence-corrected chi connectivity index (χ1v) is 5.99. The van der Waals surface area contributed by atoms with E-state index in [1.54, 1.807) is 18.3 Å². The van der Waals surface area contributed by atoms with E-state index in [1.165, 1.54) is 12.1 Å². The Bertz CT molecular complexity index is 630. The Morgan fingerprint density at radius 3 is 2.90 bits per heavy atom. The molecule has 0 saturated carbocycles. The van der Waals surface area contributed by atoms with Crippen molar-refractivity contribution in [2.24, 2.45) is 10.9 Å². The maximum Gasteiger partial charge on any atom is 0.188 e. The first-order valence-electron chi connectivity index (χ1n) is 5.99. The lowest BCUT2D eigenvalue weighted by molar-refractivity contribution is 0.318. The average Bonchev–Trinajstić information content (AvgIpc) is 2.46. The van der Waals surface area contributed by atoms with Gasteiger partial charge in [-0.05, 0) is 35.9 Å². The molecule has 0 bridgehead atoms. The number of anilines is 1. The highest BCUT2D eigenvalue weighted by Gasteiger charge is 2.06. The molecule has 0 spiro atoms. The zero-order valence-electron chi connectivity index (χ0n) is 11.0. The van der Waals surface area contributed by atoms with Gasteiger partial charge in [0.2, 0.25) is 0 Å². The highest BCUT2D eigenvalue weighted by Crippen LogP contribution is 2.16. The van der Waals surface area contributed by atoms with E-state index in [1.807, 2.05) is 24.1 Å². The van der Waals surface area contributed by atoms with Gasteiger partial charge < -0.3 is 15.8 Å². The molecular weight excluding hydrogens is 259 g/mol. The summed E-state index contributed by atoms with van der Waals surface area (Å²) in [6.07, 6.45) is 1.59. The fourth-order valence-corrected chi connectivity index (χ4v) is 1.84. The summed E-state index contributed by atoms with van der Waals surface area (Å²) in [4.78, 5) is 5.91. The average molecular weight is 274 g/mol. The van der Waals surface area contributed by atoms with Crippen LogP contribution in [0.4, 0.5) is 10.1 Å². The minimum atomic E-state index is -0.276. The molecule has 0 saturated heterocycles. The molecule has 1 aromatic heterocycles. The number of pyridine rings is 1. The lowest BCUT2D eigenvalue weighted by atomic mass is 10.2. The van der Waals surface area contributed by atoms with Gasteiger partial charge in [0.15, 0.2) is 5.84 Å². The fraction of sp³-hybridized carbons (Fsp3) is 0.143. The Labute approximate surface area is 116 Å². The van der Waals surface area contributed by atoms with E-state index >= 15 is 0 Å². The molecule has 0 aliphatic rings. The zero-order valence-corrected chi connectivity index (χ0v) is 11.0. The Kier molecular flexibility index (Phi) is 4.14. The van der Waals surface area contributed by atoms with Crippen LogP contribution in [0.25, 0.3) is 0 Å². The number of nitrogens with zero attached hydrogens (tertiary/aromatic N) is 3. The molecule has 6 heteroatoms. The first kappa shape index (κ1) is 13.8. The molecule has 0 amide bonds. The first-order chi connectivity index (χ1) is 9.60. The molecule has 0 radical (unpaired) electrons. The predicted molar refractivity (Wildman–Crippen MR) is 75.3 cm³/mol. The van der Waals surface area contributed by atoms with E-state index in [0.29, 0.717) is 12.2 Å². The van der Waals surface area contributed by atoms with Crippen molar-refractivity contribution in [1.82, 2.24) is 4.98 Å². The molecule has 20 heavy (non-hydrogen) atoms. The number of aromatic nitrogens is 1. The number of nitrogens with two attached hydrogens (primary N) is 1. The third kappa shape index (κ3) is 3.23. The Morgan fingerprint density at radius 2 is 2.20 bits per heavy atom. The number of amidine groups is 1. The van der Waals surface area contributed by atoms with E-state index in [0.717, 1.165) is 11.3 Å². The highest BCUT2D eigenvalue weighted by atomic mass is 19.1. The third-order valence-corrected chi connectivity index (χ3v) is 2.86. The van der Waals surface area contributed by atoms with Crippen LogP contribution in [0.5, 0.6) is 0 Å². The Morgan fingerprint density at radius 1 is 1.40 bits per heavy atom. The van der Waals surface area contributed by atoms with Gasteiger partial charge in [-0.3, -0.25) is 4.98 Å². The van der Waals surface area contributed by atoms with E-state index in [9.17, 15) is 4.39 Å². The van der Waals surface area contributed by atoms with Crippen molar-refractivity contribution in [2.45, 2.75) is 6.54 Å². The molecule has 0 aliphatic carbocycles. The van der Waals surface area contributed by atoms with E-state index < -0.39 is 0 Å². The summed E-state index contributed by atoms with van der Waals surface area (Å²) < 4.78 is 13.2. The van der Waals surface area contributed by atoms with Gasteiger partial charge in [-0.25, -0.2) is 4.39 Å². The van der Waals surface area contributed by atoms with Crippen molar-refractivity contribution in [3.05, 3.63) is 59.7 Å². The summed E-state index contributed by atoms with van der Waals surface area (Å²) in [6.45, 7) is 0.553. The molecule has 1 aromatic carbocycles. The monoisotopic (exact) mass is 274 g/mol. The molecule has 0 unspecified atom stereocenters. The van der Waals surface area contributed by atoms with E-state index in [-0.39, 0.29) is 11.7 Å². The predicted octanol–water partition coefficient (Wildman–Crippen LogP) is 1.95. The second-order valence-corrected chi connectivity index (χ2v) is 4.37. The second-order valence-electron chi connectivity index (χ2n) is 4.37. The summed E-state index contributed by atoms with van der Waals surface area (Å²) in [5.74, 6) is -0.318. The van der Waals surface area contributed by atoms with Crippen LogP contribution in [0.15, 0.2) is 47.8 Å². The van der Waals surface area contributed by atoms with Gasteiger partial charge in [0.25, 0.3) is 0 Å². The fourth-order valence-electron chi connectivity index (χ4n) is 1.84. The second kappa shape index (κ2) is 6.01. The van der Waals surface area contributed by atoms with Gasteiger partial charge >= 0.3 is 0 Å². The molecule has 0 aliphatic heterocycles. The van der Waals surface area contributed by atoms with Crippen molar-refractivity contribution >= 4 is 11.5 Å². The smallest absolute Gasteiger partial charge is 0.188 e. The topological polar surface area (TPSA) is 74.7 Å². The summed E-state index contributed by atoms with van der Waals surface area (Å²) in [5.41, 5.74) is 7.59. The van der Waals surface area contributed by atoms with Crippen LogP contribution in [0.2, 0.25) is 0 Å². The normalized spacial score (nSPS) is 11.4. The number of benzene rings is 1. The zero-order chi connectivity index (χ0) is 14.5. The van der Waals surface area contributed by atoms with Crippen molar-refractivity contribution in [3.8, 4) is 0 Å². The standard InChI is InChI=1S/C14H15FN4O/c1-19(12-4-2-3-11(15)8-12)9-10-5-6-17-13(7-10)14(16)18-20/h2-8,20H,9H2,1H3,(H2,16,18). The molecule has 0 atom stereocenters. The summed E-state index contributed by atoms with van der Waals surface area (Å²) in [7, 11) is 1.86. The Hall–Kier alpha value is -2.63. The SMILES string of the molecule is CN(Cc1ccnc(C(N)=NO)c1)c1cccc(F)c1. The minimum absolute atomic E-state index is 0.0414. The van der Waals surface area contributed by atoms with Crippen molar-refractivity contribution < 1.29 is 9.60 Å². The van der Waals surface area contributed by atoms with Gasteiger partial charge in [0.1, 0.15) is 11.5 Å². The van der Waals surface area contributed by atoms with Crippen LogP contribution in [-0.2, 0) is 6.54 Å². The molecule has 1 heterocycles. The van der Waals surface area contributed by atoms with Crippen LogP contribution in [-0.4, -0.2) is 23.1 Å². The van der Waals surface area contributed by atoms with E-state index in [2.05, 4.69) is 10.1 Å². The van der Waals surface area contributed by atoms with Gasteiger partial charge in [-0.15, -0.1) is 0 Å². The Balaban J connectivity index is 2.17. The quantitative estimate of drug-likeness (QED) is 0.387. The van der Waals surface area contributed by atoms with Crippen LogP contribution < -0.4 is 10.6 Å². The van der Waals surface area contributed by atoms with Gasteiger partial charge in [-0.1, -0.05) is 11.2 Å². The van der Waals surface area contributed by atoms with Gasteiger partial charge in [0, 0.05) is 25.5 Å². The minimum Gasteiger partial charge on any atom is -0.409 e. The highest BCUT2D eigenvalue weighted by molar-refractivity contribution is 5.95. The molecule has 104 valence electrons. The maximum absolute atomic E-state index is 13.2. The van der Waals surface area contributed by atoms with Gasteiger partial charge in [0.05, 0.1) is 0 Å². The van der Waals surface area contributed by atoms with Crippen LogP contribution in [0.3, 0.4) is 0 Å². The van der Waals surface area contributed by atoms with E-state index in [4.69, 9.17) is 10.9 Å². The summed E-state index contributed by atoms with van der Waals surface area (Å²) >= 11 is 0. The summed E-state index contributed by atoms with van der Waals surface area (Å²) in [6, 6.07) is 9.91. The van der Waals surface area contributed by atoms with Crippen LogP contribution in [0, 0.1) is 5.82 Å². The van der Waals surface area contributed by atoms with Crippen LogP contribution in [0.1, 0.15) is 11.3 Å². The molecule has 0 fully saturated rings. The van der Waals surface area contributed by atoms with Crippen molar-refractivity contribution in [2.75, 3.05) is 11.9 Å². The lowest BCUT2D eigenvalue weighted by Crippen LogP contribution is -2.18. The number of halogens is 1. The van der Waals surface area contributed by atoms with Crippen molar-refractivity contribution in [3.63, 3.8) is 0 Å². The third-order valence-electron chi connectivity index (χ3n) is 2.86. The number of hydrogen-bond donors (Lipinski definition) is 2. The number of hydrogen-bond acceptors (Lipinski definition) is 4. The molecular formula is C14H15FN4O. The van der Waals surface area contributed by atoms with Crippen LogP contribution >= 0.6 is 0 Å². The number of rotatable bonds is 4. The van der Waals surface area contributed by atoms with Gasteiger partial charge in [-0.2, -0.15) is 0 Å². The largest absolute Gasteiger partial charge is 0.409 e. The van der Waals surface area contributed by atoms with Crippen molar-refractivity contribution in [1.29, 1.82) is 0 Å². The lowest BCUT2D eigenvalue weighted by Gasteiger charge is -2.19. The summed E-state index contributed by atoms with van der Waals surface area (Å²) in [5, 5.41) is 11.6. The molecule has 5 nitrogen and oxygen atoms in total. The molecule has 2 aromatic rings. The molecule has 2 rings (SSSR count). The molecule has 3 N–H and O–H groups in total. The maximum atomic E-state index is 13.2.